The quantitative estimate of drug-likeness (QED) is 0.519. The molecule has 5 nitrogen and oxygen atoms in total. The van der Waals surface area contributed by atoms with E-state index in [4.69, 9.17) is 16.3 Å². The second-order valence-electron chi connectivity index (χ2n) is 4.36. The summed E-state index contributed by atoms with van der Waals surface area (Å²) in [5.74, 6) is 0.204. The van der Waals surface area contributed by atoms with E-state index in [0.717, 1.165) is 4.47 Å². The summed E-state index contributed by atoms with van der Waals surface area (Å²) in [4.78, 5) is 11.6. The highest BCUT2D eigenvalue weighted by Crippen LogP contribution is 2.29. The van der Waals surface area contributed by atoms with Crippen LogP contribution in [0.4, 0.5) is 0 Å². The van der Waals surface area contributed by atoms with Crippen LogP contribution < -0.4 is 10.2 Å². The van der Waals surface area contributed by atoms with Crippen LogP contribution in [0.1, 0.15) is 5.56 Å². The van der Waals surface area contributed by atoms with Crippen molar-refractivity contribution < 1.29 is 14.6 Å². The SMILES string of the molecule is O=C(COc1ccc(Cl)cc1)N/N=C/c1cc(O)c(Br)cc1Br. The van der Waals surface area contributed by atoms with E-state index in [2.05, 4.69) is 42.4 Å². The van der Waals surface area contributed by atoms with Gasteiger partial charge in [0.05, 0.1) is 10.7 Å². The van der Waals surface area contributed by atoms with Gasteiger partial charge >= 0.3 is 0 Å². The number of carbonyl (C=O) groups excluding carboxylic acids is 1. The predicted octanol–water partition coefficient (Wildman–Crippen LogP) is 4.10. The molecule has 0 saturated carbocycles. The molecule has 0 unspecified atom stereocenters. The van der Waals surface area contributed by atoms with Crippen molar-refractivity contribution >= 4 is 55.6 Å². The number of ether oxygens (including phenoxy) is 1. The van der Waals surface area contributed by atoms with Gasteiger partial charge in [-0.25, -0.2) is 5.43 Å². The Balaban J connectivity index is 1.86. The van der Waals surface area contributed by atoms with Crippen LogP contribution in [-0.2, 0) is 4.79 Å². The molecule has 0 aliphatic heterocycles. The summed E-state index contributed by atoms with van der Waals surface area (Å²) in [6, 6.07) is 9.87. The molecule has 0 aliphatic rings. The molecule has 0 heterocycles. The Bertz CT molecular complexity index is 736. The molecular weight excluding hydrogens is 451 g/mol. The van der Waals surface area contributed by atoms with Crippen LogP contribution in [0.3, 0.4) is 0 Å². The van der Waals surface area contributed by atoms with E-state index in [-0.39, 0.29) is 12.4 Å². The number of rotatable bonds is 5. The van der Waals surface area contributed by atoms with Crippen molar-refractivity contribution in [3.8, 4) is 11.5 Å². The van der Waals surface area contributed by atoms with Gasteiger partial charge in [-0.2, -0.15) is 5.10 Å². The maximum Gasteiger partial charge on any atom is 0.277 e. The number of hydrogen-bond acceptors (Lipinski definition) is 4. The van der Waals surface area contributed by atoms with Crippen molar-refractivity contribution in [3.63, 3.8) is 0 Å². The number of hydrazone groups is 1. The van der Waals surface area contributed by atoms with Crippen LogP contribution in [0.25, 0.3) is 0 Å². The molecule has 0 aliphatic carbocycles. The van der Waals surface area contributed by atoms with Crippen LogP contribution in [0.5, 0.6) is 11.5 Å². The number of aromatic hydroxyl groups is 1. The van der Waals surface area contributed by atoms with E-state index in [1.807, 2.05) is 0 Å². The number of nitrogens with one attached hydrogen (secondary N) is 1. The zero-order valence-electron chi connectivity index (χ0n) is 11.6. The summed E-state index contributed by atoms with van der Waals surface area (Å²) >= 11 is 12.3. The lowest BCUT2D eigenvalue weighted by Crippen LogP contribution is -2.24. The summed E-state index contributed by atoms with van der Waals surface area (Å²) in [6.07, 6.45) is 1.41. The van der Waals surface area contributed by atoms with Gasteiger partial charge in [0.1, 0.15) is 11.5 Å². The summed E-state index contributed by atoms with van der Waals surface area (Å²) in [5.41, 5.74) is 2.95. The van der Waals surface area contributed by atoms with Crippen molar-refractivity contribution in [2.45, 2.75) is 0 Å². The number of hydrogen-bond donors (Lipinski definition) is 2. The number of phenols is 1. The van der Waals surface area contributed by atoms with E-state index in [1.54, 1.807) is 30.3 Å². The van der Waals surface area contributed by atoms with Crippen LogP contribution in [0, 0.1) is 0 Å². The van der Waals surface area contributed by atoms with Crippen molar-refractivity contribution in [1.29, 1.82) is 0 Å². The number of nitrogens with zero attached hydrogens (tertiary/aromatic N) is 1. The zero-order chi connectivity index (χ0) is 16.8. The third-order valence-electron chi connectivity index (χ3n) is 2.64. The second kappa shape index (κ2) is 8.33. The highest BCUT2D eigenvalue weighted by atomic mass is 79.9. The normalized spacial score (nSPS) is 10.7. The standard InChI is InChI=1S/C15H11Br2ClN2O3/c16-12-6-13(17)14(21)5-9(12)7-19-20-15(22)8-23-11-3-1-10(18)2-4-11/h1-7,21H,8H2,(H,20,22)/b19-7+. The number of amides is 1. The molecule has 2 rings (SSSR count). The first-order valence-electron chi connectivity index (χ1n) is 6.34. The lowest BCUT2D eigenvalue weighted by Gasteiger charge is -2.05. The average molecular weight is 463 g/mol. The minimum Gasteiger partial charge on any atom is -0.507 e. The highest BCUT2D eigenvalue weighted by molar-refractivity contribution is 9.11. The van der Waals surface area contributed by atoms with Crippen LogP contribution in [0.15, 0.2) is 50.4 Å². The summed E-state index contributed by atoms with van der Waals surface area (Å²) in [7, 11) is 0. The monoisotopic (exact) mass is 460 g/mol. The number of halogens is 3. The van der Waals surface area contributed by atoms with Gasteiger partial charge < -0.3 is 9.84 Å². The first kappa shape index (κ1) is 17.8. The van der Waals surface area contributed by atoms with Crippen LogP contribution >= 0.6 is 43.5 Å². The Hall–Kier alpha value is -1.57. The smallest absolute Gasteiger partial charge is 0.277 e. The van der Waals surface area contributed by atoms with Gasteiger partial charge in [0.15, 0.2) is 6.61 Å². The van der Waals surface area contributed by atoms with Crippen LogP contribution in [0.2, 0.25) is 5.02 Å². The Kier molecular flexibility index (Phi) is 6.44. The molecule has 2 aromatic carbocycles. The van der Waals surface area contributed by atoms with Gasteiger partial charge in [-0.3, -0.25) is 4.79 Å². The molecular formula is C15H11Br2ClN2O3. The van der Waals surface area contributed by atoms with E-state index in [0.29, 0.717) is 20.8 Å². The van der Waals surface area contributed by atoms with Gasteiger partial charge in [0.2, 0.25) is 0 Å². The summed E-state index contributed by atoms with van der Waals surface area (Å²) < 4.78 is 6.56. The van der Waals surface area contributed by atoms with E-state index < -0.39 is 5.91 Å². The molecule has 0 atom stereocenters. The fourth-order valence-electron chi connectivity index (χ4n) is 1.54. The summed E-state index contributed by atoms with van der Waals surface area (Å²) in [6.45, 7) is -0.175. The van der Waals surface area contributed by atoms with Gasteiger partial charge in [0.25, 0.3) is 5.91 Å². The fraction of sp³-hybridized carbons (Fsp3) is 0.0667. The maximum atomic E-state index is 11.6. The lowest BCUT2D eigenvalue weighted by atomic mass is 10.2. The van der Waals surface area contributed by atoms with E-state index in [9.17, 15) is 9.90 Å². The fourth-order valence-corrected chi connectivity index (χ4v) is 2.76. The topological polar surface area (TPSA) is 70.9 Å². The second-order valence-corrected chi connectivity index (χ2v) is 6.51. The molecule has 1 amide bonds. The number of carbonyl (C=O) groups is 1. The first-order chi connectivity index (χ1) is 11.0. The minimum atomic E-state index is -0.409. The van der Waals surface area contributed by atoms with Crippen molar-refractivity contribution in [2.24, 2.45) is 5.10 Å². The minimum absolute atomic E-state index is 0.0760. The van der Waals surface area contributed by atoms with E-state index >= 15 is 0 Å². The zero-order valence-corrected chi connectivity index (χ0v) is 15.5. The molecule has 0 aromatic heterocycles. The predicted molar refractivity (Wildman–Crippen MR) is 96.2 cm³/mol. The molecule has 0 bridgehead atoms. The molecule has 0 fully saturated rings. The molecule has 120 valence electrons. The van der Waals surface area contributed by atoms with Crippen LogP contribution in [-0.4, -0.2) is 23.8 Å². The average Bonchev–Trinajstić information content (AvgIpc) is 2.52. The Morgan fingerprint density at radius 2 is 1.96 bits per heavy atom. The van der Waals surface area contributed by atoms with Crippen molar-refractivity contribution in [1.82, 2.24) is 5.43 Å². The number of phenolic OH excluding ortho intramolecular Hbond substituents is 1. The lowest BCUT2D eigenvalue weighted by molar-refractivity contribution is -0.123. The first-order valence-corrected chi connectivity index (χ1v) is 8.30. The van der Waals surface area contributed by atoms with Gasteiger partial charge in [-0.05, 0) is 52.3 Å². The summed E-state index contributed by atoms with van der Waals surface area (Å²) in [5, 5.41) is 14.0. The molecule has 23 heavy (non-hydrogen) atoms. The molecule has 0 spiro atoms. The number of benzene rings is 2. The van der Waals surface area contributed by atoms with E-state index in [1.165, 1.54) is 12.3 Å². The Labute approximate surface area is 154 Å². The van der Waals surface area contributed by atoms with Crippen molar-refractivity contribution in [3.05, 3.63) is 55.9 Å². The van der Waals surface area contributed by atoms with Gasteiger partial charge in [-0.1, -0.05) is 27.5 Å². The highest BCUT2D eigenvalue weighted by Gasteiger charge is 2.05. The molecule has 0 radical (unpaired) electrons. The third kappa shape index (κ3) is 5.53. The third-order valence-corrected chi connectivity index (χ3v) is 4.22. The van der Waals surface area contributed by atoms with Gasteiger partial charge in [-0.15, -0.1) is 0 Å². The molecule has 2 aromatic rings. The molecule has 8 heteroatoms. The van der Waals surface area contributed by atoms with Crippen molar-refractivity contribution in [2.75, 3.05) is 6.61 Å². The van der Waals surface area contributed by atoms with Gasteiger partial charge in [0, 0.05) is 15.1 Å². The maximum absolute atomic E-state index is 11.6. The molecule has 2 N–H and O–H groups in total. The Morgan fingerprint density at radius 1 is 1.26 bits per heavy atom. The largest absolute Gasteiger partial charge is 0.507 e. The Morgan fingerprint density at radius 3 is 2.65 bits per heavy atom. The molecule has 0 saturated heterocycles.